The number of unbranched alkanes of at least 4 members (excludes halogenated alkanes) is 1. The lowest BCUT2D eigenvalue weighted by atomic mass is 10.1. The molecule has 21 heavy (non-hydrogen) atoms. The monoisotopic (exact) mass is 284 g/mol. The van der Waals surface area contributed by atoms with Crippen LogP contribution in [-0.4, -0.2) is 16.5 Å². The zero-order chi connectivity index (χ0) is 15.1. The standard InChI is InChI=1S/C17H24N4/c1-4-5-10-18-16-11-14(3)20-17(21-16)19-12-15-8-6-13(2)7-9-15/h6-9,11H,4-5,10,12H2,1-3H3,(H2,18,19,20,21). The van der Waals surface area contributed by atoms with Gasteiger partial charge in [0.25, 0.3) is 0 Å². The van der Waals surface area contributed by atoms with E-state index in [0.29, 0.717) is 5.95 Å². The lowest BCUT2D eigenvalue weighted by Gasteiger charge is -2.10. The highest BCUT2D eigenvalue weighted by atomic mass is 15.1. The molecule has 2 aromatic rings. The van der Waals surface area contributed by atoms with Crippen molar-refractivity contribution in [3.05, 3.63) is 47.2 Å². The van der Waals surface area contributed by atoms with Gasteiger partial charge in [-0.15, -0.1) is 0 Å². The van der Waals surface area contributed by atoms with Crippen LogP contribution in [0.2, 0.25) is 0 Å². The molecule has 1 aromatic carbocycles. The van der Waals surface area contributed by atoms with Gasteiger partial charge in [-0.25, -0.2) is 4.98 Å². The molecule has 0 saturated heterocycles. The fraction of sp³-hybridized carbons (Fsp3) is 0.412. The molecule has 0 fully saturated rings. The summed E-state index contributed by atoms with van der Waals surface area (Å²) in [4.78, 5) is 8.94. The highest BCUT2D eigenvalue weighted by Gasteiger charge is 2.02. The van der Waals surface area contributed by atoms with Crippen molar-refractivity contribution in [2.24, 2.45) is 0 Å². The maximum Gasteiger partial charge on any atom is 0.225 e. The molecule has 112 valence electrons. The smallest absolute Gasteiger partial charge is 0.225 e. The van der Waals surface area contributed by atoms with Crippen molar-refractivity contribution in [2.75, 3.05) is 17.2 Å². The predicted octanol–water partition coefficient (Wildman–Crippen LogP) is 3.92. The van der Waals surface area contributed by atoms with Crippen molar-refractivity contribution in [2.45, 2.75) is 40.2 Å². The summed E-state index contributed by atoms with van der Waals surface area (Å²) in [6.45, 7) is 7.95. The molecular formula is C17H24N4. The predicted molar refractivity (Wildman–Crippen MR) is 88.7 cm³/mol. The van der Waals surface area contributed by atoms with E-state index in [1.54, 1.807) is 0 Å². The van der Waals surface area contributed by atoms with Gasteiger partial charge >= 0.3 is 0 Å². The molecular weight excluding hydrogens is 260 g/mol. The van der Waals surface area contributed by atoms with Crippen LogP contribution in [0.25, 0.3) is 0 Å². The number of nitrogens with one attached hydrogen (secondary N) is 2. The topological polar surface area (TPSA) is 49.8 Å². The first-order valence-electron chi connectivity index (χ1n) is 7.56. The van der Waals surface area contributed by atoms with E-state index in [0.717, 1.165) is 31.0 Å². The fourth-order valence-electron chi connectivity index (χ4n) is 2.02. The Bertz CT molecular complexity index is 564. The molecule has 1 heterocycles. The highest BCUT2D eigenvalue weighted by molar-refractivity contribution is 5.42. The number of anilines is 2. The number of nitrogens with zero attached hydrogens (tertiary/aromatic N) is 2. The van der Waals surface area contributed by atoms with Crippen LogP contribution in [0.5, 0.6) is 0 Å². The van der Waals surface area contributed by atoms with Crippen molar-refractivity contribution in [1.82, 2.24) is 9.97 Å². The molecule has 0 spiro atoms. The Morgan fingerprint density at radius 3 is 2.48 bits per heavy atom. The molecule has 0 unspecified atom stereocenters. The van der Waals surface area contributed by atoms with Crippen molar-refractivity contribution in [1.29, 1.82) is 0 Å². The van der Waals surface area contributed by atoms with E-state index < -0.39 is 0 Å². The van der Waals surface area contributed by atoms with E-state index in [-0.39, 0.29) is 0 Å². The SMILES string of the molecule is CCCCNc1cc(C)nc(NCc2ccc(C)cc2)n1. The summed E-state index contributed by atoms with van der Waals surface area (Å²) in [7, 11) is 0. The Balaban J connectivity index is 1.97. The third-order valence-electron chi connectivity index (χ3n) is 3.26. The summed E-state index contributed by atoms with van der Waals surface area (Å²) in [6, 6.07) is 10.5. The van der Waals surface area contributed by atoms with Crippen LogP contribution < -0.4 is 10.6 Å². The minimum atomic E-state index is 0.676. The van der Waals surface area contributed by atoms with E-state index in [4.69, 9.17) is 0 Å². The number of aryl methyl sites for hydroxylation is 2. The molecule has 0 aliphatic heterocycles. The molecule has 0 radical (unpaired) electrons. The summed E-state index contributed by atoms with van der Waals surface area (Å²) in [5, 5.41) is 6.63. The van der Waals surface area contributed by atoms with Gasteiger partial charge in [-0.1, -0.05) is 43.2 Å². The second-order valence-corrected chi connectivity index (χ2v) is 5.34. The molecule has 0 amide bonds. The van der Waals surface area contributed by atoms with Gasteiger partial charge < -0.3 is 10.6 Å². The quantitative estimate of drug-likeness (QED) is 0.757. The summed E-state index contributed by atoms with van der Waals surface area (Å²) in [5.41, 5.74) is 3.47. The minimum Gasteiger partial charge on any atom is -0.370 e. The van der Waals surface area contributed by atoms with Gasteiger partial charge in [0.2, 0.25) is 5.95 Å². The lowest BCUT2D eigenvalue weighted by Crippen LogP contribution is -2.08. The first-order valence-corrected chi connectivity index (χ1v) is 7.56. The first-order chi connectivity index (χ1) is 10.2. The van der Waals surface area contributed by atoms with Crippen LogP contribution in [0.3, 0.4) is 0 Å². The van der Waals surface area contributed by atoms with E-state index in [1.165, 1.54) is 17.5 Å². The van der Waals surface area contributed by atoms with Gasteiger partial charge in [-0.2, -0.15) is 4.98 Å². The van der Waals surface area contributed by atoms with Crippen LogP contribution in [0.15, 0.2) is 30.3 Å². The van der Waals surface area contributed by atoms with Gasteiger partial charge in [0.05, 0.1) is 0 Å². The van der Waals surface area contributed by atoms with E-state index in [1.807, 2.05) is 13.0 Å². The van der Waals surface area contributed by atoms with Crippen LogP contribution in [0.4, 0.5) is 11.8 Å². The Morgan fingerprint density at radius 1 is 1.00 bits per heavy atom. The van der Waals surface area contributed by atoms with Crippen molar-refractivity contribution < 1.29 is 0 Å². The maximum atomic E-state index is 4.50. The van der Waals surface area contributed by atoms with Crippen LogP contribution in [0.1, 0.15) is 36.6 Å². The highest BCUT2D eigenvalue weighted by Crippen LogP contribution is 2.11. The maximum absolute atomic E-state index is 4.50. The molecule has 4 heteroatoms. The molecule has 2 N–H and O–H groups in total. The summed E-state index contributed by atoms with van der Waals surface area (Å²) >= 11 is 0. The van der Waals surface area contributed by atoms with Crippen LogP contribution >= 0.6 is 0 Å². The largest absolute Gasteiger partial charge is 0.370 e. The third-order valence-corrected chi connectivity index (χ3v) is 3.26. The number of aromatic nitrogens is 2. The molecule has 0 aliphatic rings. The van der Waals surface area contributed by atoms with Crippen LogP contribution in [-0.2, 0) is 6.54 Å². The van der Waals surface area contributed by atoms with Gasteiger partial charge in [0, 0.05) is 24.8 Å². The Morgan fingerprint density at radius 2 is 1.76 bits per heavy atom. The molecule has 0 atom stereocenters. The summed E-state index contributed by atoms with van der Waals surface area (Å²) < 4.78 is 0. The van der Waals surface area contributed by atoms with Crippen molar-refractivity contribution in [3.63, 3.8) is 0 Å². The van der Waals surface area contributed by atoms with Crippen LogP contribution in [0, 0.1) is 13.8 Å². The zero-order valence-electron chi connectivity index (χ0n) is 13.1. The molecule has 1 aromatic heterocycles. The second kappa shape index (κ2) is 7.62. The number of hydrogen-bond acceptors (Lipinski definition) is 4. The zero-order valence-corrected chi connectivity index (χ0v) is 13.1. The minimum absolute atomic E-state index is 0.676. The first kappa shape index (κ1) is 15.3. The van der Waals surface area contributed by atoms with Gasteiger partial charge in [-0.05, 0) is 25.8 Å². The molecule has 0 bridgehead atoms. The Hall–Kier alpha value is -2.10. The van der Waals surface area contributed by atoms with Crippen molar-refractivity contribution in [3.8, 4) is 0 Å². The fourth-order valence-corrected chi connectivity index (χ4v) is 2.02. The average Bonchev–Trinajstić information content (AvgIpc) is 2.46. The number of benzene rings is 1. The van der Waals surface area contributed by atoms with Gasteiger partial charge in [0.15, 0.2) is 0 Å². The van der Waals surface area contributed by atoms with E-state index in [9.17, 15) is 0 Å². The molecule has 0 saturated carbocycles. The molecule has 4 nitrogen and oxygen atoms in total. The van der Waals surface area contributed by atoms with E-state index in [2.05, 4.69) is 58.7 Å². The van der Waals surface area contributed by atoms with E-state index >= 15 is 0 Å². The van der Waals surface area contributed by atoms with Gasteiger partial charge in [0.1, 0.15) is 5.82 Å². The van der Waals surface area contributed by atoms with Gasteiger partial charge in [-0.3, -0.25) is 0 Å². The summed E-state index contributed by atoms with van der Waals surface area (Å²) in [6.07, 6.45) is 2.32. The summed E-state index contributed by atoms with van der Waals surface area (Å²) in [5.74, 6) is 1.57. The third kappa shape index (κ3) is 5.06. The lowest BCUT2D eigenvalue weighted by molar-refractivity contribution is 0.829. The molecule has 2 rings (SSSR count). The second-order valence-electron chi connectivity index (χ2n) is 5.34. The average molecular weight is 284 g/mol. The Kier molecular flexibility index (Phi) is 5.55. The number of rotatable bonds is 7. The molecule has 0 aliphatic carbocycles. The van der Waals surface area contributed by atoms with Crippen molar-refractivity contribution >= 4 is 11.8 Å². The number of hydrogen-bond donors (Lipinski definition) is 2. The Labute approximate surface area is 127 Å². The normalized spacial score (nSPS) is 10.4.